The van der Waals surface area contributed by atoms with Gasteiger partial charge in [-0.05, 0) is 19.4 Å². The van der Waals surface area contributed by atoms with Crippen LogP contribution < -0.4 is 0 Å². The minimum atomic E-state index is -3.14. The van der Waals surface area contributed by atoms with Crippen molar-refractivity contribution in [3.8, 4) is 0 Å². The number of halogens is 1. The number of hydrogen-bond acceptors (Lipinski definition) is 3. The molecule has 0 saturated carbocycles. The molecule has 0 rings (SSSR count). The fourth-order valence-corrected chi connectivity index (χ4v) is 1.87. The van der Waals surface area contributed by atoms with Gasteiger partial charge in [-0.15, -0.1) is 0 Å². The van der Waals surface area contributed by atoms with E-state index in [4.69, 9.17) is 20.6 Å². The smallest absolute Gasteiger partial charge is 0.309 e. The molecule has 0 aliphatic carbocycles. The third kappa shape index (κ3) is 4.10. The Morgan fingerprint density at radius 1 is 1.38 bits per heavy atom. The van der Waals surface area contributed by atoms with Gasteiger partial charge >= 0.3 is 7.60 Å². The van der Waals surface area contributed by atoms with Gasteiger partial charge in [0.2, 0.25) is 0 Å². The highest BCUT2D eigenvalue weighted by molar-refractivity contribution is 7.57. The monoisotopic (exact) mass is 224 g/mol. The minimum Gasteiger partial charge on any atom is -0.309 e. The summed E-state index contributed by atoms with van der Waals surface area (Å²) in [6.45, 7) is 3.66. The molecule has 0 fully saturated rings. The summed E-state index contributed by atoms with van der Waals surface area (Å²) in [5, 5.41) is 0.384. The number of rotatable bonds is 4. The summed E-state index contributed by atoms with van der Waals surface area (Å²) in [5.74, 6) is 1.30. The lowest BCUT2D eigenvalue weighted by atomic mass is 10.3. The molecule has 0 bridgehead atoms. The third-order valence-electron chi connectivity index (χ3n) is 1.59. The largest absolute Gasteiger partial charge is 0.355 e. The van der Waals surface area contributed by atoms with E-state index in [2.05, 4.69) is 0 Å². The number of hydrogen-bond donors (Lipinski definition) is 0. The Balaban J connectivity index is 4.82. The van der Waals surface area contributed by atoms with E-state index in [9.17, 15) is 4.57 Å². The molecule has 13 heavy (non-hydrogen) atoms. The average molecular weight is 225 g/mol. The zero-order chi connectivity index (χ0) is 10.5. The van der Waals surface area contributed by atoms with Crippen LogP contribution in [0.3, 0.4) is 0 Å². The Labute approximate surface area is 83.9 Å². The molecule has 0 unspecified atom stereocenters. The maximum Gasteiger partial charge on any atom is 0.355 e. The predicted octanol–water partition coefficient (Wildman–Crippen LogP) is 3.52. The molecule has 0 amide bonds. The highest BCUT2D eigenvalue weighted by atomic mass is 35.5. The lowest BCUT2D eigenvalue weighted by molar-refractivity contribution is 0.286. The van der Waals surface area contributed by atoms with Crippen LogP contribution in [0.15, 0.2) is 22.5 Å². The molecule has 0 aromatic carbocycles. The molecule has 0 aliphatic heterocycles. The molecule has 0 N–H and O–H groups in total. The van der Waals surface area contributed by atoms with E-state index in [0.717, 1.165) is 5.57 Å². The summed E-state index contributed by atoms with van der Waals surface area (Å²) >= 11 is 5.83. The van der Waals surface area contributed by atoms with Crippen molar-refractivity contribution in [2.75, 3.05) is 14.2 Å². The second-order valence-corrected chi connectivity index (χ2v) is 4.83. The third-order valence-corrected chi connectivity index (χ3v) is 3.74. The van der Waals surface area contributed by atoms with Crippen LogP contribution in [-0.4, -0.2) is 14.2 Å². The lowest BCUT2D eigenvalue weighted by Crippen LogP contribution is -1.85. The van der Waals surface area contributed by atoms with Gasteiger partial charge in [0.05, 0.1) is 5.03 Å². The number of allylic oxidation sites excluding steroid dienone is 3. The van der Waals surface area contributed by atoms with Crippen LogP contribution in [0.5, 0.6) is 0 Å². The first-order valence-electron chi connectivity index (χ1n) is 3.72. The Bertz CT molecular complexity index is 263. The summed E-state index contributed by atoms with van der Waals surface area (Å²) < 4.78 is 20.9. The summed E-state index contributed by atoms with van der Waals surface area (Å²) in [5.41, 5.74) is 0.830. The van der Waals surface area contributed by atoms with E-state index in [-0.39, 0.29) is 0 Å². The van der Waals surface area contributed by atoms with Gasteiger partial charge in [-0.1, -0.05) is 17.7 Å². The Morgan fingerprint density at radius 2 is 1.85 bits per heavy atom. The van der Waals surface area contributed by atoms with Gasteiger partial charge in [0.1, 0.15) is 0 Å². The van der Waals surface area contributed by atoms with E-state index >= 15 is 0 Å². The second-order valence-electron chi connectivity index (χ2n) is 2.35. The van der Waals surface area contributed by atoms with Crippen molar-refractivity contribution in [1.29, 1.82) is 0 Å². The van der Waals surface area contributed by atoms with Crippen LogP contribution in [0, 0.1) is 0 Å². The van der Waals surface area contributed by atoms with Crippen LogP contribution in [0.1, 0.15) is 13.8 Å². The van der Waals surface area contributed by atoms with Crippen LogP contribution in [0.2, 0.25) is 0 Å². The molecule has 0 aliphatic rings. The molecule has 0 saturated heterocycles. The molecule has 0 heterocycles. The highest BCUT2D eigenvalue weighted by Gasteiger charge is 2.18. The standard InChI is InChI=1S/C8H14ClO3P/c1-5-7(2)8(9)6-13(10,11-3)12-4/h5-6H,1-4H3. The molecule has 76 valence electrons. The van der Waals surface area contributed by atoms with E-state index < -0.39 is 7.60 Å². The van der Waals surface area contributed by atoms with Crippen molar-refractivity contribution in [3.05, 3.63) is 22.5 Å². The fraction of sp³-hybridized carbons (Fsp3) is 0.500. The first-order valence-corrected chi connectivity index (χ1v) is 5.71. The minimum absolute atomic E-state index is 0.384. The molecule has 0 aromatic rings. The first-order chi connectivity index (χ1) is 5.99. The van der Waals surface area contributed by atoms with Crippen molar-refractivity contribution in [2.24, 2.45) is 0 Å². The molecular weight excluding hydrogens is 211 g/mol. The van der Waals surface area contributed by atoms with Crippen molar-refractivity contribution < 1.29 is 13.6 Å². The summed E-state index contributed by atoms with van der Waals surface area (Å²) in [6, 6.07) is 0. The summed E-state index contributed by atoms with van der Waals surface area (Å²) in [4.78, 5) is 0. The molecule has 3 nitrogen and oxygen atoms in total. The molecule has 5 heteroatoms. The van der Waals surface area contributed by atoms with E-state index in [1.54, 1.807) is 0 Å². The Kier molecular flexibility index (Phi) is 5.57. The quantitative estimate of drug-likeness (QED) is 0.541. The van der Waals surface area contributed by atoms with E-state index in [1.165, 1.54) is 20.0 Å². The van der Waals surface area contributed by atoms with Crippen LogP contribution in [0.25, 0.3) is 0 Å². The van der Waals surface area contributed by atoms with Crippen molar-refractivity contribution in [3.63, 3.8) is 0 Å². The van der Waals surface area contributed by atoms with E-state index in [0.29, 0.717) is 5.03 Å². The predicted molar refractivity (Wildman–Crippen MR) is 55.0 cm³/mol. The molecule has 0 spiro atoms. The Hall–Kier alpha value is -0.0800. The van der Waals surface area contributed by atoms with Crippen LogP contribution in [-0.2, 0) is 13.6 Å². The van der Waals surface area contributed by atoms with Gasteiger partial charge in [-0.2, -0.15) is 0 Å². The van der Waals surface area contributed by atoms with Crippen molar-refractivity contribution >= 4 is 19.2 Å². The van der Waals surface area contributed by atoms with Crippen molar-refractivity contribution in [2.45, 2.75) is 13.8 Å². The topological polar surface area (TPSA) is 35.5 Å². The molecule has 0 atom stereocenters. The normalized spacial score (nSPS) is 14.8. The maximum absolute atomic E-state index is 11.5. The molecule has 0 aromatic heterocycles. The Morgan fingerprint density at radius 3 is 2.15 bits per heavy atom. The van der Waals surface area contributed by atoms with E-state index in [1.807, 2.05) is 19.9 Å². The second kappa shape index (κ2) is 5.61. The fourth-order valence-electron chi connectivity index (χ4n) is 0.558. The highest BCUT2D eigenvalue weighted by Crippen LogP contribution is 2.50. The SMILES string of the molecule is CC=C(C)C(Cl)=CP(=O)(OC)OC. The van der Waals surface area contributed by atoms with Gasteiger partial charge in [0.15, 0.2) is 0 Å². The average Bonchev–Trinajstić information content (AvgIpc) is 2.16. The van der Waals surface area contributed by atoms with Gasteiger partial charge in [-0.3, -0.25) is 4.57 Å². The van der Waals surface area contributed by atoms with Gasteiger partial charge in [0, 0.05) is 20.0 Å². The molecular formula is C8H14ClO3P. The summed E-state index contributed by atoms with van der Waals surface area (Å²) in [6.07, 6.45) is 1.81. The lowest BCUT2D eigenvalue weighted by Gasteiger charge is -2.09. The summed E-state index contributed by atoms with van der Waals surface area (Å²) in [7, 11) is -0.508. The first kappa shape index (κ1) is 12.9. The maximum atomic E-state index is 11.5. The van der Waals surface area contributed by atoms with Gasteiger partial charge in [0.25, 0.3) is 0 Å². The van der Waals surface area contributed by atoms with Gasteiger partial charge in [-0.25, -0.2) is 0 Å². The zero-order valence-electron chi connectivity index (χ0n) is 8.20. The van der Waals surface area contributed by atoms with Crippen LogP contribution in [0.4, 0.5) is 0 Å². The zero-order valence-corrected chi connectivity index (χ0v) is 9.85. The van der Waals surface area contributed by atoms with Gasteiger partial charge < -0.3 is 9.05 Å². The van der Waals surface area contributed by atoms with Crippen molar-refractivity contribution in [1.82, 2.24) is 0 Å². The molecule has 0 radical (unpaired) electrons. The van der Waals surface area contributed by atoms with Crippen LogP contribution >= 0.6 is 19.2 Å².